The third kappa shape index (κ3) is 32.0. The van der Waals surface area contributed by atoms with Crippen LogP contribution in [0.25, 0.3) is 0 Å². The Bertz CT molecular complexity index is 119. The summed E-state index contributed by atoms with van der Waals surface area (Å²) in [7, 11) is 15.0. The Hall–Kier alpha value is 1.10. The van der Waals surface area contributed by atoms with Gasteiger partial charge < -0.3 is 6.92 Å². The molecule has 0 aromatic heterocycles. The Morgan fingerprint density at radius 3 is 1.62 bits per heavy atom. The Morgan fingerprint density at radius 2 is 1.54 bits per heavy atom. The van der Waals surface area contributed by atoms with E-state index in [1.165, 1.54) is 6.42 Å². The molecule has 1 rings (SSSR count). The van der Waals surface area contributed by atoms with Gasteiger partial charge in [0.15, 0.2) is 0 Å². The van der Waals surface area contributed by atoms with Crippen LogP contribution in [0, 0.1) is 6.92 Å². The molecule has 0 aliphatic carbocycles. The van der Waals surface area contributed by atoms with Gasteiger partial charge >= 0.3 is 43.7 Å². The minimum atomic E-state index is -2.13. The fourth-order valence-electron chi connectivity index (χ4n) is 0.321. The molecule has 0 aliphatic rings. The van der Waals surface area contributed by atoms with Crippen molar-refractivity contribution in [2.75, 3.05) is 0 Å². The van der Waals surface area contributed by atoms with Crippen molar-refractivity contribution in [1.29, 1.82) is 0 Å². The zero-order valence-corrected chi connectivity index (χ0v) is 12.4. The number of hydrogen-bond donors (Lipinski definition) is 0. The van der Waals surface area contributed by atoms with Gasteiger partial charge in [-0.15, -0.1) is 0 Å². The van der Waals surface area contributed by atoms with Crippen molar-refractivity contribution in [2.24, 2.45) is 0 Å². The quantitative estimate of drug-likeness (QED) is 0.632. The van der Waals surface area contributed by atoms with Gasteiger partial charge in [-0.1, -0.05) is 13.3 Å². The first-order valence-electron chi connectivity index (χ1n) is 3.94. The van der Waals surface area contributed by atoms with Gasteiger partial charge in [-0.25, -0.2) is 12.1 Å². The molecule has 0 fully saturated rings. The summed E-state index contributed by atoms with van der Waals surface area (Å²) in [5.41, 5.74) is 0. The summed E-state index contributed by atoms with van der Waals surface area (Å²) in [6.07, 6.45) is 2.28. The van der Waals surface area contributed by atoms with Gasteiger partial charge in [0.2, 0.25) is 0 Å². The monoisotopic (exact) mass is 317 g/mol. The second-order valence-corrected chi connectivity index (χ2v) is 13.2. The van der Waals surface area contributed by atoms with Crippen LogP contribution in [0.4, 0.5) is 0 Å². The van der Waals surface area contributed by atoms with E-state index in [1.54, 1.807) is 0 Å². The van der Waals surface area contributed by atoms with Crippen LogP contribution < -0.4 is 0 Å². The van der Waals surface area contributed by atoms with Gasteiger partial charge in [-0.3, -0.25) is 0 Å². The zero-order chi connectivity index (χ0) is 10.5. The van der Waals surface area contributed by atoms with Crippen LogP contribution in [0.1, 0.15) is 19.8 Å². The average Bonchev–Trinajstić information content (AvgIpc) is 2.59. The predicted octanol–water partition coefficient (Wildman–Crippen LogP) is 5.09. The molecule has 0 heterocycles. The smallest absolute Gasteiger partial charge is 0.172 e. The fraction of sp³-hybridized carbons (Fsp3) is 0.333. The summed E-state index contributed by atoms with van der Waals surface area (Å²) in [5, 5.41) is 0. The molecular formula is C9H14Cl3Zr-2. The van der Waals surface area contributed by atoms with Crippen molar-refractivity contribution in [2.45, 2.75) is 19.8 Å². The average molecular weight is 320 g/mol. The molecule has 4 heteroatoms. The van der Waals surface area contributed by atoms with Crippen LogP contribution >= 0.6 is 25.5 Å². The maximum absolute atomic E-state index is 5.00. The Labute approximate surface area is 99.9 Å². The number of unbranched alkanes of at least 4 members (excludes halogenated alkanes) is 1. The molecule has 0 atom stereocenters. The number of hydrogen-bond acceptors (Lipinski definition) is 0. The van der Waals surface area contributed by atoms with Gasteiger partial charge in [0.25, 0.3) is 0 Å². The number of rotatable bonds is 1. The van der Waals surface area contributed by atoms with E-state index in [4.69, 9.17) is 25.5 Å². The summed E-state index contributed by atoms with van der Waals surface area (Å²) in [5.74, 6) is 0. The normalized spacial score (nSPS) is 7.46. The number of halogens is 3. The third-order valence-corrected chi connectivity index (χ3v) is 0.909. The topological polar surface area (TPSA) is 0 Å². The van der Waals surface area contributed by atoms with Crippen LogP contribution in [-0.2, 0) is 18.2 Å². The van der Waals surface area contributed by atoms with E-state index >= 15 is 0 Å². The van der Waals surface area contributed by atoms with Gasteiger partial charge in [-0.05, 0) is 0 Å². The van der Waals surface area contributed by atoms with Crippen molar-refractivity contribution < 1.29 is 18.2 Å². The Kier molecular flexibility index (Phi) is 19.8. The molecule has 0 saturated carbocycles. The molecule has 13 heavy (non-hydrogen) atoms. The summed E-state index contributed by atoms with van der Waals surface area (Å²) in [6, 6.07) is 10.0. The first kappa shape index (κ1) is 16.5. The van der Waals surface area contributed by atoms with Crippen molar-refractivity contribution >= 4 is 25.5 Å². The molecule has 77 valence electrons. The van der Waals surface area contributed by atoms with Crippen LogP contribution in [-0.4, -0.2) is 0 Å². The van der Waals surface area contributed by atoms with Crippen LogP contribution in [0.5, 0.6) is 0 Å². The molecule has 0 aliphatic heterocycles. The summed E-state index contributed by atoms with van der Waals surface area (Å²) in [6.45, 7) is 5.72. The first-order valence-corrected chi connectivity index (χ1v) is 13.4. The maximum Gasteiger partial charge on any atom is -0.172 e. The molecule has 0 unspecified atom stereocenters. The molecule has 1 aromatic carbocycles. The fourth-order valence-corrected chi connectivity index (χ4v) is 0.321. The van der Waals surface area contributed by atoms with Crippen molar-refractivity contribution in [3.8, 4) is 0 Å². The van der Waals surface area contributed by atoms with Crippen molar-refractivity contribution in [1.82, 2.24) is 0 Å². The molecule has 0 nitrogen and oxygen atoms in total. The molecule has 0 saturated heterocycles. The van der Waals surface area contributed by atoms with Gasteiger partial charge in [-0.2, -0.15) is 24.6 Å². The van der Waals surface area contributed by atoms with Crippen LogP contribution in [0.2, 0.25) is 0 Å². The SMILES string of the molecule is [CH2-]CCC.[Cl][Zr]([Cl])[Cl].c1cc[cH-]c1. The van der Waals surface area contributed by atoms with Gasteiger partial charge in [0, 0.05) is 0 Å². The van der Waals surface area contributed by atoms with Crippen molar-refractivity contribution in [3.05, 3.63) is 37.3 Å². The van der Waals surface area contributed by atoms with E-state index in [-0.39, 0.29) is 0 Å². The van der Waals surface area contributed by atoms with Crippen molar-refractivity contribution in [3.63, 3.8) is 0 Å². The molecule has 1 aromatic rings. The molecule has 0 N–H and O–H groups in total. The Balaban J connectivity index is 0. The predicted molar refractivity (Wildman–Crippen MR) is 59.9 cm³/mol. The molecule has 0 amide bonds. The summed E-state index contributed by atoms with van der Waals surface area (Å²) >= 11 is -2.13. The van der Waals surface area contributed by atoms with E-state index in [1.807, 2.05) is 30.3 Å². The summed E-state index contributed by atoms with van der Waals surface area (Å²) < 4.78 is 0. The molecular weight excluding hydrogens is 306 g/mol. The van der Waals surface area contributed by atoms with Crippen LogP contribution in [0.3, 0.4) is 0 Å². The second kappa shape index (κ2) is 15.6. The largest absolute Gasteiger partial charge is 0.214 e. The molecule has 0 radical (unpaired) electrons. The molecule has 0 spiro atoms. The maximum atomic E-state index is 5.00. The Morgan fingerprint density at radius 1 is 1.23 bits per heavy atom. The standard InChI is InChI=1S/C5H5.C4H9.3ClH.Zr/c1-2-4-5-3-1;1-3-4-2;;;;/h1-5H;1,3-4H2,2H3;3*1H;/q2*-1;;;;+3/p-3. The third-order valence-electron chi connectivity index (χ3n) is 0.909. The summed E-state index contributed by atoms with van der Waals surface area (Å²) in [4.78, 5) is 0. The van der Waals surface area contributed by atoms with E-state index < -0.39 is 18.2 Å². The van der Waals surface area contributed by atoms with Gasteiger partial charge in [0.1, 0.15) is 0 Å². The van der Waals surface area contributed by atoms with E-state index in [2.05, 4.69) is 13.8 Å². The van der Waals surface area contributed by atoms with E-state index in [0.29, 0.717) is 0 Å². The molecule has 0 bridgehead atoms. The van der Waals surface area contributed by atoms with E-state index in [0.717, 1.165) is 6.42 Å². The minimum absolute atomic E-state index is 1.07. The van der Waals surface area contributed by atoms with Crippen LogP contribution in [0.15, 0.2) is 30.3 Å². The van der Waals surface area contributed by atoms with E-state index in [9.17, 15) is 0 Å². The van der Waals surface area contributed by atoms with Gasteiger partial charge in [0.05, 0.1) is 0 Å². The second-order valence-electron chi connectivity index (χ2n) is 2.03. The minimum Gasteiger partial charge on any atom is -0.214 e. The zero-order valence-electron chi connectivity index (χ0n) is 7.64. The first-order chi connectivity index (χ1) is 6.15.